The molecule has 0 amide bonds. The number of ether oxygens (including phenoxy) is 1. The summed E-state index contributed by atoms with van der Waals surface area (Å²) < 4.78 is 40.1. The number of nitrogens with zero attached hydrogens (tertiary/aromatic N) is 2. The number of esters is 2. The Morgan fingerprint density at radius 2 is 1.88 bits per heavy atom. The van der Waals surface area contributed by atoms with Gasteiger partial charge in [-0.2, -0.15) is 13.2 Å². The first-order valence-corrected chi connectivity index (χ1v) is 7.65. The maximum atomic E-state index is 12.1. The van der Waals surface area contributed by atoms with Crippen molar-refractivity contribution in [2.45, 2.75) is 19.5 Å². The molecular formula is C15H10Cl2F3N3O3. The van der Waals surface area contributed by atoms with Gasteiger partial charge in [0.25, 0.3) is 0 Å². The van der Waals surface area contributed by atoms with Gasteiger partial charge in [-0.3, -0.25) is 0 Å². The molecule has 0 radical (unpaired) electrons. The number of halogens is 5. The molecule has 0 bridgehead atoms. The van der Waals surface area contributed by atoms with E-state index in [4.69, 9.17) is 28.9 Å². The van der Waals surface area contributed by atoms with Crippen molar-refractivity contribution in [3.63, 3.8) is 0 Å². The van der Waals surface area contributed by atoms with Crippen molar-refractivity contribution in [2.24, 2.45) is 0 Å². The quantitative estimate of drug-likeness (QED) is 0.617. The number of anilines is 1. The van der Waals surface area contributed by atoms with Crippen LogP contribution in [0.3, 0.4) is 0 Å². The second-order valence-electron chi connectivity index (χ2n) is 5.08. The molecule has 1 heterocycles. The standard InChI is InChI=1S/C15H10Cl2F3N3O3/c1-6-9(4-7-2-3-8(16)5-10(7)17)11(21)23-12(22-6)13(24)26-14(25)15(18,19)20/h2-3,5H,4H2,1H3,(H2,21,22,23). The molecule has 1 aromatic carbocycles. The van der Waals surface area contributed by atoms with E-state index in [9.17, 15) is 22.8 Å². The molecule has 2 rings (SSSR count). The van der Waals surface area contributed by atoms with Gasteiger partial charge in [-0.1, -0.05) is 29.3 Å². The number of carbonyl (C=O) groups excluding carboxylic acids is 2. The van der Waals surface area contributed by atoms with E-state index < -0.39 is 23.9 Å². The average molecular weight is 408 g/mol. The smallest absolute Gasteiger partial charge is 0.383 e. The van der Waals surface area contributed by atoms with Crippen LogP contribution in [0.15, 0.2) is 18.2 Å². The van der Waals surface area contributed by atoms with E-state index in [2.05, 4.69) is 14.7 Å². The number of nitrogen functional groups attached to an aromatic ring is 1. The Morgan fingerprint density at radius 1 is 1.23 bits per heavy atom. The van der Waals surface area contributed by atoms with Crippen molar-refractivity contribution in [3.05, 3.63) is 50.9 Å². The second kappa shape index (κ2) is 7.46. The maximum absolute atomic E-state index is 12.1. The van der Waals surface area contributed by atoms with Crippen LogP contribution < -0.4 is 5.73 Å². The Bertz CT molecular complexity index is 865. The number of aryl methyl sites for hydroxylation is 1. The highest BCUT2D eigenvalue weighted by Crippen LogP contribution is 2.26. The van der Waals surface area contributed by atoms with Crippen LogP contribution >= 0.6 is 23.2 Å². The molecule has 0 unspecified atom stereocenters. The number of carbonyl (C=O) groups is 2. The molecule has 6 nitrogen and oxygen atoms in total. The fourth-order valence-electron chi connectivity index (χ4n) is 1.97. The minimum Gasteiger partial charge on any atom is -0.383 e. The van der Waals surface area contributed by atoms with Gasteiger partial charge in [0.1, 0.15) is 5.82 Å². The molecule has 0 fully saturated rings. The molecule has 0 aliphatic rings. The maximum Gasteiger partial charge on any atom is 0.491 e. The van der Waals surface area contributed by atoms with Crippen LogP contribution in [0.25, 0.3) is 0 Å². The van der Waals surface area contributed by atoms with E-state index in [-0.39, 0.29) is 17.9 Å². The molecule has 0 saturated heterocycles. The molecule has 26 heavy (non-hydrogen) atoms. The zero-order valence-corrected chi connectivity index (χ0v) is 14.5. The van der Waals surface area contributed by atoms with Crippen LogP contribution in [-0.2, 0) is 16.0 Å². The van der Waals surface area contributed by atoms with E-state index >= 15 is 0 Å². The summed E-state index contributed by atoms with van der Waals surface area (Å²) >= 11 is 11.9. The summed E-state index contributed by atoms with van der Waals surface area (Å²) in [6.45, 7) is 1.47. The number of benzene rings is 1. The lowest BCUT2D eigenvalue weighted by Crippen LogP contribution is -2.29. The van der Waals surface area contributed by atoms with Crippen LogP contribution in [0, 0.1) is 6.92 Å². The minimum absolute atomic E-state index is 0.157. The van der Waals surface area contributed by atoms with Crippen molar-refractivity contribution >= 4 is 41.0 Å². The van der Waals surface area contributed by atoms with E-state index in [1.807, 2.05) is 0 Å². The van der Waals surface area contributed by atoms with Gasteiger partial charge in [0, 0.05) is 27.7 Å². The highest BCUT2D eigenvalue weighted by molar-refractivity contribution is 6.35. The van der Waals surface area contributed by atoms with Crippen LogP contribution in [0.2, 0.25) is 10.0 Å². The Kier molecular flexibility index (Phi) is 5.72. The molecule has 0 atom stereocenters. The number of nitrogens with two attached hydrogens (primary N) is 1. The number of aromatic nitrogens is 2. The summed E-state index contributed by atoms with van der Waals surface area (Å²) in [5, 5.41) is 0.808. The van der Waals surface area contributed by atoms with Gasteiger partial charge < -0.3 is 10.5 Å². The third-order valence-electron chi connectivity index (χ3n) is 3.23. The molecular weight excluding hydrogens is 398 g/mol. The van der Waals surface area contributed by atoms with Crippen LogP contribution in [0.4, 0.5) is 19.0 Å². The molecule has 0 aliphatic heterocycles. The van der Waals surface area contributed by atoms with Gasteiger partial charge in [0.2, 0.25) is 5.82 Å². The fourth-order valence-corrected chi connectivity index (χ4v) is 2.45. The lowest BCUT2D eigenvalue weighted by molar-refractivity contribution is -0.193. The third-order valence-corrected chi connectivity index (χ3v) is 3.81. The van der Waals surface area contributed by atoms with Gasteiger partial charge in [0.15, 0.2) is 0 Å². The molecule has 0 aliphatic carbocycles. The predicted octanol–water partition coefficient (Wildman–Crippen LogP) is 3.51. The first-order chi connectivity index (χ1) is 12.0. The summed E-state index contributed by atoms with van der Waals surface area (Å²) in [4.78, 5) is 29.7. The van der Waals surface area contributed by atoms with Gasteiger partial charge in [0.05, 0.1) is 0 Å². The number of hydrogen-bond donors (Lipinski definition) is 1. The Balaban J connectivity index is 2.28. The van der Waals surface area contributed by atoms with E-state index in [0.29, 0.717) is 21.2 Å². The second-order valence-corrected chi connectivity index (χ2v) is 5.93. The highest BCUT2D eigenvalue weighted by Gasteiger charge is 2.43. The molecule has 1 aromatic heterocycles. The summed E-state index contributed by atoms with van der Waals surface area (Å²) in [5.41, 5.74) is 7.05. The van der Waals surface area contributed by atoms with E-state index in [1.165, 1.54) is 13.0 Å². The summed E-state index contributed by atoms with van der Waals surface area (Å²) in [6, 6.07) is 4.80. The largest absolute Gasteiger partial charge is 0.491 e. The Labute approximate surface area is 155 Å². The first-order valence-electron chi connectivity index (χ1n) is 6.89. The van der Waals surface area contributed by atoms with Gasteiger partial charge in [-0.05, 0) is 24.6 Å². The number of hydrogen-bond acceptors (Lipinski definition) is 6. The van der Waals surface area contributed by atoms with Crippen molar-refractivity contribution in [1.82, 2.24) is 9.97 Å². The van der Waals surface area contributed by atoms with Crippen molar-refractivity contribution in [2.75, 3.05) is 5.73 Å². The number of rotatable bonds is 3. The zero-order valence-electron chi connectivity index (χ0n) is 13.0. The predicted molar refractivity (Wildman–Crippen MR) is 86.9 cm³/mol. The van der Waals surface area contributed by atoms with Crippen molar-refractivity contribution in [3.8, 4) is 0 Å². The van der Waals surface area contributed by atoms with Gasteiger partial charge >= 0.3 is 18.1 Å². The minimum atomic E-state index is -5.32. The van der Waals surface area contributed by atoms with Crippen LogP contribution in [0.1, 0.15) is 27.4 Å². The summed E-state index contributed by atoms with van der Waals surface area (Å²) in [5.74, 6) is -5.24. The zero-order chi connectivity index (χ0) is 19.6. The number of alkyl halides is 3. The summed E-state index contributed by atoms with van der Waals surface area (Å²) in [6.07, 6.45) is -5.12. The Hall–Kier alpha value is -2.39. The lowest BCUT2D eigenvalue weighted by atomic mass is 10.0. The lowest BCUT2D eigenvalue weighted by Gasteiger charge is -2.11. The van der Waals surface area contributed by atoms with Crippen LogP contribution in [0.5, 0.6) is 0 Å². The fraction of sp³-hybridized carbons (Fsp3) is 0.200. The average Bonchev–Trinajstić information content (AvgIpc) is 2.51. The molecule has 2 N–H and O–H groups in total. The van der Waals surface area contributed by atoms with E-state index in [0.717, 1.165) is 0 Å². The molecule has 0 spiro atoms. The summed E-state index contributed by atoms with van der Waals surface area (Å²) in [7, 11) is 0. The Morgan fingerprint density at radius 3 is 2.42 bits per heavy atom. The van der Waals surface area contributed by atoms with Crippen molar-refractivity contribution in [1.29, 1.82) is 0 Å². The van der Waals surface area contributed by atoms with E-state index in [1.54, 1.807) is 12.1 Å². The third kappa shape index (κ3) is 4.61. The normalized spacial score (nSPS) is 11.3. The molecule has 2 aromatic rings. The highest BCUT2D eigenvalue weighted by atomic mass is 35.5. The monoisotopic (exact) mass is 407 g/mol. The SMILES string of the molecule is Cc1nc(C(=O)OC(=O)C(F)(F)F)nc(N)c1Cc1ccc(Cl)cc1Cl. The van der Waals surface area contributed by atoms with Gasteiger partial charge in [-0.15, -0.1) is 0 Å². The van der Waals surface area contributed by atoms with Crippen molar-refractivity contribution < 1.29 is 27.5 Å². The van der Waals surface area contributed by atoms with Crippen LogP contribution in [-0.4, -0.2) is 28.1 Å². The molecule has 138 valence electrons. The topological polar surface area (TPSA) is 95.2 Å². The molecule has 11 heteroatoms. The molecule has 0 saturated carbocycles. The first kappa shape index (κ1) is 19.9. The van der Waals surface area contributed by atoms with Gasteiger partial charge in [-0.25, -0.2) is 19.6 Å².